The summed E-state index contributed by atoms with van der Waals surface area (Å²) in [7, 11) is -3.19. The summed E-state index contributed by atoms with van der Waals surface area (Å²) in [4.78, 5) is 5.04. The van der Waals surface area contributed by atoms with Crippen molar-refractivity contribution in [1.29, 1.82) is 0 Å². The second-order valence-corrected chi connectivity index (χ2v) is 9.35. The Bertz CT molecular complexity index is 756. The van der Waals surface area contributed by atoms with Gasteiger partial charge < -0.3 is 15.4 Å². The van der Waals surface area contributed by atoms with E-state index in [1.165, 1.54) is 19.1 Å². The SMILES string of the molecule is CCNC(=NCc1ccc(S(C)(=O)=O)c(C)c1)NCC1(CCOCC)CC1. The van der Waals surface area contributed by atoms with Gasteiger partial charge in [-0.2, -0.15) is 0 Å². The molecule has 1 saturated carbocycles. The van der Waals surface area contributed by atoms with Crippen LogP contribution in [0.1, 0.15) is 44.2 Å². The average molecular weight is 396 g/mol. The molecule has 0 bridgehead atoms. The maximum absolute atomic E-state index is 11.7. The van der Waals surface area contributed by atoms with Crippen LogP contribution in [0.15, 0.2) is 28.1 Å². The first-order chi connectivity index (χ1) is 12.8. The third-order valence-electron chi connectivity index (χ3n) is 4.97. The molecule has 0 saturated heterocycles. The Kier molecular flexibility index (Phi) is 7.68. The maximum atomic E-state index is 11.7. The summed E-state index contributed by atoms with van der Waals surface area (Å²) in [6.45, 7) is 9.68. The van der Waals surface area contributed by atoms with Crippen LogP contribution in [0.2, 0.25) is 0 Å². The van der Waals surface area contributed by atoms with Crippen molar-refractivity contribution < 1.29 is 13.2 Å². The quantitative estimate of drug-likeness (QED) is 0.362. The van der Waals surface area contributed by atoms with E-state index in [9.17, 15) is 8.42 Å². The molecule has 7 heteroatoms. The number of guanidine groups is 1. The fourth-order valence-corrected chi connectivity index (χ4v) is 4.09. The van der Waals surface area contributed by atoms with Gasteiger partial charge in [0.25, 0.3) is 0 Å². The lowest BCUT2D eigenvalue weighted by molar-refractivity contribution is 0.128. The first kappa shape index (κ1) is 21.7. The van der Waals surface area contributed by atoms with Gasteiger partial charge in [-0.05, 0) is 62.6 Å². The van der Waals surface area contributed by atoms with Crippen LogP contribution in [-0.2, 0) is 21.1 Å². The molecular weight excluding hydrogens is 362 g/mol. The molecule has 0 atom stereocenters. The number of sulfone groups is 1. The number of nitrogens with one attached hydrogen (secondary N) is 2. The van der Waals surface area contributed by atoms with Gasteiger partial charge in [0, 0.05) is 32.6 Å². The van der Waals surface area contributed by atoms with Gasteiger partial charge in [-0.25, -0.2) is 13.4 Å². The first-order valence-corrected chi connectivity index (χ1v) is 11.6. The predicted octanol–water partition coefficient (Wildman–Crippen LogP) is 2.66. The summed E-state index contributed by atoms with van der Waals surface area (Å²) in [5, 5.41) is 6.74. The van der Waals surface area contributed by atoms with E-state index < -0.39 is 9.84 Å². The van der Waals surface area contributed by atoms with E-state index in [4.69, 9.17) is 4.74 Å². The maximum Gasteiger partial charge on any atom is 0.191 e. The lowest BCUT2D eigenvalue weighted by Gasteiger charge is -2.18. The van der Waals surface area contributed by atoms with Crippen LogP contribution < -0.4 is 10.6 Å². The Morgan fingerprint density at radius 3 is 2.56 bits per heavy atom. The normalized spacial score (nSPS) is 16.2. The summed E-state index contributed by atoms with van der Waals surface area (Å²) < 4.78 is 29.0. The fraction of sp³-hybridized carbons (Fsp3) is 0.650. The second-order valence-electron chi connectivity index (χ2n) is 7.37. The van der Waals surface area contributed by atoms with E-state index in [-0.39, 0.29) is 0 Å². The van der Waals surface area contributed by atoms with Crippen molar-refractivity contribution in [3.8, 4) is 0 Å². The molecule has 0 spiro atoms. The second kappa shape index (κ2) is 9.55. The Hall–Kier alpha value is -1.60. The van der Waals surface area contributed by atoms with E-state index in [1.54, 1.807) is 6.07 Å². The highest BCUT2D eigenvalue weighted by molar-refractivity contribution is 7.90. The summed E-state index contributed by atoms with van der Waals surface area (Å²) >= 11 is 0. The molecule has 0 unspecified atom stereocenters. The monoisotopic (exact) mass is 395 g/mol. The van der Waals surface area contributed by atoms with Crippen molar-refractivity contribution in [3.05, 3.63) is 29.3 Å². The molecule has 27 heavy (non-hydrogen) atoms. The highest BCUT2D eigenvalue weighted by Gasteiger charge is 2.41. The third kappa shape index (κ3) is 6.81. The summed E-state index contributed by atoms with van der Waals surface area (Å²) in [5.74, 6) is 0.796. The smallest absolute Gasteiger partial charge is 0.191 e. The largest absolute Gasteiger partial charge is 0.382 e. The van der Waals surface area contributed by atoms with Crippen LogP contribution >= 0.6 is 0 Å². The lowest BCUT2D eigenvalue weighted by Crippen LogP contribution is -2.40. The minimum Gasteiger partial charge on any atom is -0.382 e. The van der Waals surface area contributed by atoms with Gasteiger partial charge in [-0.1, -0.05) is 12.1 Å². The van der Waals surface area contributed by atoms with Crippen molar-refractivity contribution in [2.45, 2.75) is 51.5 Å². The van der Waals surface area contributed by atoms with Crippen LogP contribution in [0.5, 0.6) is 0 Å². The Balaban J connectivity index is 1.96. The number of ether oxygens (including phenoxy) is 1. The van der Waals surface area contributed by atoms with E-state index in [2.05, 4.69) is 15.6 Å². The van der Waals surface area contributed by atoms with Crippen molar-refractivity contribution in [2.75, 3.05) is 32.6 Å². The zero-order valence-electron chi connectivity index (χ0n) is 17.0. The summed E-state index contributed by atoms with van der Waals surface area (Å²) in [6.07, 6.45) is 4.79. The van der Waals surface area contributed by atoms with Crippen molar-refractivity contribution in [2.24, 2.45) is 10.4 Å². The number of aliphatic imine (C=N–C) groups is 1. The number of rotatable bonds is 10. The molecule has 6 nitrogen and oxygen atoms in total. The first-order valence-electron chi connectivity index (χ1n) is 9.69. The highest BCUT2D eigenvalue weighted by Crippen LogP contribution is 2.48. The molecule has 1 fully saturated rings. The van der Waals surface area contributed by atoms with Gasteiger partial charge in [0.05, 0.1) is 11.4 Å². The van der Waals surface area contributed by atoms with E-state index >= 15 is 0 Å². The topological polar surface area (TPSA) is 79.8 Å². The Labute approximate surface area is 163 Å². The van der Waals surface area contributed by atoms with Crippen LogP contribution in [0.25, 0.3) is 0 Å². The molecule has 0 aromatic heterocycles. The molecule has 0 heterocycles. The van der Waals surface area contributed by atoms with Crippen LogP contribution in [-0.4, -0.2) is 46.9 Å². The number of hydrogen-bond donors (Lipinski definition) is 2. The van der Waals surface area contributed by atoms with Gasteiger partial charge in [-0.15, -0.1) is 0 Å². The van der Waals surface area contributed by atoms with Gasteiger partial charge >= 0.3 is 0 Å². The van der Waals surface area contributed by atoms with Gasteiger partial charge in [-0.3, -0.25) is 0 Å². The zero-order valence-corrected chi connectivity index (χ0v) is 17.8. The van der Waals surface area contributed by atoms with Crippen molar-refractivity contribution in [1.82, 2.24) is 10.6 Å². The minimum atomic E-state index is -3.19. The lowest BCUT2D eigenvalue weighted by atomic mass is 10.0. The van der Waals surface area contributed by atoms with Crippen LogP contribution in [0, 0.1) is 12.3 Å². The fourth-order valence-electron chi connectivity index (χ4n) is 3.13. The average Bonchev–Trinajstić information content (AvgIpc) is 3.37. The molecule has 152 valence electrons. The minimum absolute atomic E-state index is 0.346. The van der Waals surface area contributed by atoms with Crippen LogP contribution in [0.3, 0.4) is 0 Å². The third-order valence-corrected chi connectivity index (χ3v) is 6.23. The predicted molar refractivity (Wildman–Crippen MR) is 110 cm³/mol. The number of hydrogen-bond acceptors (Lipinski definition) is 4. The zero-order chi connectivity index (χ0) is 19.9. The van der Waals surface area contributed by atoms with Gasteiger partial charge in [0.2, 0.25) is 0 Å². The Morgan fingerprint density at radius 2 is 2.00 bits per heavy atom. The molecule has 1 aliphatic carbocycles. The van der Waals surface area contributed by atoms with Crippen molar-refractivity contribution in [3.63, 3.8) is 0 Å². The summed E-state index contributed by atoms with van der Waals surface area (Å²) in [6, 6.07) is 5.40. The molecule has 0 aliphatic heterocycles. The molecule has 2 N–H and O–H groups in total. The molecule has 1 aromatic rings. The van der Waals surface area contributed by atoms with Gasteiger partial charge in [0.15, 0.2) is 15.8 Å². The molecule has 2 rings (SSSR count). The van der Waals surface area contributed by atoms with Crippen LogP contribution in [0.4, 0.5) is 0 Å². The molecule has 1 aromatic carbocycles. The van der Waals surface area contributed by atoms with E-state index in [0.717, 1.165) is 49.8 Å². The molecule has 0 radical (unpaired) electrons. The standard InChI is InChI=1S/C20H33N3O3S/c1-5-21-19(23-15-20(9-10-20)11-12-26-6-2)22-14-17-7-8-18(16(3)13-17)27(4,24)25/h7-8,13H,5-6,9-12,14-15H2,1-4H3,(H2,21,22,23). The number of nitrogens with zero attached hydrogens (tertiary/aromatic N) is 1. The van der Waals surface area contributed by atoms with E-state index in [1.807, 2.05) is 32.9 Å². The number of aryl methyl sites for hydroxylation is 1. The number of benzene rings is 1. The van der Waals surface area contributed by atoms with Gasteiger partial charge in [0.1, 0.15) is 0 Å². The Morgan fingerprint density at radius 1 is 1.26 bits per heavy atom. The molecule has 0 amide bonds. The molecular formula is C20H33N3O3S. The highest BCUT2D eigenvalue weighted by atomic mass is 32.2. The van der Waals surface area contributed by atoms with Crippen molar-refractivity contribution >= 4 is 15.8 Å². The van der Waals surface area contributed by atoms with E-state index in [0.29, 0.717) is 16.9 Å². The summed E-state index contributed by atoms with van der Waals surface area (Å²) in [5.41, 5.74) is 2.10. The molecule has 1 aliphatic rings.